The van der Waals surface area contributed by atoms with Crippen LogP contribution >= 0.6 is 15.6 Å². The highest BCUT2D eigenvalue weighted by Gasteiger charge is 2.30. The average molecular weight is 1470 g/mol. The Labute approximate surface area is 613 Å². The van der Waals surface area contributed by atoms with Gasteiger partial charge in [-0.05, 0) is 37.5 Å². The van der Waals surface area contributed by atoms with Crippen molar-refractivity contribution in [3.63, 3.8) is 0 Å². The van der Waals surface area contributed by atoms with Gasteiger partial charge in [-0.15, -0.1) is 0 Å². The van der Waals surface area contributed by atoms with Gasteiger partial charge in [0.15, 0.2) is 12.2 Å². The van der Waals surface area contributed by atoms with E-state index in [1.165, 1.54) is 244 Å². The number of carbonyl (C=O) groups excluding carboxylic acids is 4. The molecule has 0 radical (unpaired) electrons. The highest BCUT2D eigenvalue weighted by Crippen LogP contribution is 2.45. The molecule has 0 bridgehead atoms. The Balaban J connectivity index is 5.20. The second-order valence-electron chi connectivity index (χ2n) is 30.1. The van der Waals surface area contributed by atoms with Crippen LogP contribution in [-0.4, -0.2) is 96.7 Å². The van der Waals surface area contributed by atoms with Gasteiger partial charge < -0.3 is 33.8 Å². The van der Waals surface area contributed by atoms with E-state index in [1.54, 1.807) is 0 Å². The summed E-state index contributed by atoms with van der Waals surface area (Å²) >= 11 is 0. The molecule has 3 N–H and O–H groups in total. The molecule has 0 amide bonds. The zero-order valence-electron chi connectivity index (χ0n) is 65.5. The summed E-state index contributed by atoms with van der Waals surface area (Å²) in [6.45, 7) is 9.62. The smallest absolute Gasteiger partial charge is 0.462 e. The fraction of sp³-hybridized carbons (Fsp3) is 0.951. The van der Waals surface area contributed by atoms with Crippen LogP contribution < -0.4 is 0 Å². The standard InChI is InChI=1S/C81H158O17P2/c1-7-9-11-13-15-17-19-20-21-22-23-24-25-26-27-28-29-34-41-47-53-59-65-80(85)97-77(70-92-79(84)64-58-52-46-40-33-31-30-32-37-43-49-55-61-73(3)4)72-96-100(89,90)94-68-75(82)67-93-99(87,88)95-71-76(69-91-78(83)63-57-51-45-39-18-16-14-12-10-8-2)98-81(86)66-60-54-48-42-36-35-38-44-50-56-62-74(5)6/h73-77,82H,7-72H2,1-6H3,(H,87,88)(H,89,90)/t75-,76+,77+/m0/s1. The number of esters is 4. The largest absolute Gasteiger partial charge is 0.472 e. The Morgan fingerprint density at radius 2 is 0.460 bits per heavy atom. The molecular formula is C81H158O17P2. The molecule has 19 heteroatoms. The van der Waals surface area contributed by atoms with E-state index in [-0.39, 0.29) is 25.7 Å². The Morgan fingerprint density at radius 1 is 0.270 bits per heavy atom. The Bertz CT molecular complexity index is 1920. The molecule has 0 aromatic rings. The van der Waals surface area contributed by atoms with Gasteiger partial charge in [0.2, 0.25) is 0 Å². The summed E-state index contributed by atoms with van der Waals surface area (Å²) in [4.78, 5) is 73.0. The van der Waals surface area contributed by atoms with E-state index in [9.17, 15) is 43.2 Å². The van der Waals surface area contributed by atoms with Crippen molar-refractivity contribution in [1.82, 2.24) is 0 Å². The number of aliphatic hydroxyl groups is 1. The van der Waals surface area contributed by atoms with Crippen LogP contribution in [-0.2, 0) is 65.4 Å². The third kappa shape index (κ3) is 74.3. The molecule has 2 unspecified atom stereocenters. The van der Waals surface area contributed by atoms with Crippen LogP contribution in [0.4, 0.5) is 0 Å². The van der Waals surface area contributed by atoms with Gasteiger partial charge in [-0.2, -0.15) is 0 Å². The molecule has 0 rings (SSSR count). The van der Waals surface area contributed by atoms with E-state index in [0.717, 1.165) is 102 Å². The molecule has 594 valence electrons. The van der Waals surface area contributed by atoms with Crippen LogP contribution in [0.5, 0.6) is 0 Å². The Morgan fingerprint density at radius 3 is 0.680 bits per heavy atom. The van der Waals surface area contributed by atoms with Gasteiger partial charge in [-0.25, -0.2) is 9.13 Å². The molecule has 0 aromatic carbocycles. The van der Waals surface area contributed by atoms with E-state index in [4.69, 9.17) is 37.0 Å². The minimum absolute atomic E-state index is 0.106. The maximum Gasteiger partial charge on any atom is 0.472 e. The fourth-order valence-electron chi connectivity index (χ4n) is 12.5. The van der Waals surface area contributed by atoms with Crippen molar-refractivity contribution >= 4 is 39.5 Å². The van der Waals surface area contributed by atoms with E-state index >= 15 is 0 Å². The summed E-state index contributed by atoms with van der Waals surface area (Å²) < 4.78 is 68.7. The number of ether oxygens (including phenoxy) is 4. The normalized spacial score (nSPS) is 13.9. The number of rotatable bonds is 80. The van der Waals surface area contributed by atoms with Crippen molar-refractivity contribution in [2.24, 2.45) is 11.8 Å². The molecule has 0 aliphatic rings. The summed E-state index contributed by atoms with van der Waals surface area (Å²) in [5, 5.41) is 10.6. The molecule has 0 saturated carbocycles. The summed E-state index contributed by atoms with van der Waals surface area (Å²) in [7, 11) is -9.92. The van der Waals surface area contributed by atoms with Crippen LogP contribution in [0.15, 0.2) is 0 Å². The molecule has 0 aromatic heterocycles. The van der Waals surface area contributed by atoms with Crippen molar-refractivity contribution in [1.29, 1.82) is 0 Å². The maximum atomic E-state index is 13.1. The fourth-order valence-corrected chi connectivity index (χ4v) is 14.1. The number of aliphatic hydroxyl groups excluding tert-OH is 1. The molecule has 0 saturated heterocycles. The van der Waals surface area contributed by atoms with Gasteiger partial charge in [-0.1, -0.05) is 375 Å². The van der Waals surface area contributed by atoms with Gasteiger partial charge in [0, 0.05) is 25.7 Å². The minimum Gasteiger partial charge on any atom is -0.462 e. The number of phosphoric acid groups is 2. The lowest BCUT2D eigenvalue weighted by Crippen LogP contribution is -2.30. The summed E-state index contributed by atoms with van der Waals surface area (Å²) in [5.41, 5.74) is 0. The molecule has 0 fully saturated rings. The monoisotopic (exact) mass is 1470 g/mol. The number of carbonyl (C=O) groups is 4. The summed E-state index contributed by atoms with van der Waals surface area (Å²) in [6.07, 6.45) is 62.5. The lowest BCUT2D eigenvalue weighted by atomic mass is 10.0. The first-order chi connectivity index (χ1) is 48.4. The lowest BCUT2D eigenvalue weighted by molar-refractivity contribution is -0.161. The van der Waals surface area contributed by atoms with E-state index in [0.29, 0.717) is 25.7 Å². The molecule has 17 nitrogen and oxygen atoms in total. The molecular weight excluding hydrogens is 1310 g/mol. The van der Waals surface area contributed by atoms with Gasteiger partial charge >= 0.3 is 39.5 Å². The SMILES string of the molecule is CCCCCCCCCCCCCCCCCCCCCCCCC(=O)O[C@H](COC(=O)CCCCCCCCCCCCCCC(C)C)COP(=O)(O)OC[C@@H](O)COP(=O)(O)OC[C@@H](COC(=O)CCCCCCCCCCCC)OC(=O)CCCCCCCCCCCCC(C)C. The first-order valence-corrected chi connectivity index (χ1v) is 45.0. The Hall–Kier alpha value is -1.94. The quantitative estimate of drug-likeness (QED) is 0.0222. The Kier molecular flexibility index (Phi) is 71.2. The van der Waals surface area contributed by atoms with Crippen LogP contribution in [0.3, 0.4) is 0 Å². The van der Waals surface area contributed by atoms with Crippen LogP contribution in [0.2, 0.25) is 0 Å². The highest BCUT2D eigenvalue weighted by atomic mass is 31.2. The third-order valence-corrected chi connectivity index (χ3v) is 20.9. The first-order valence-electron chi connectivity index (χ1n) is 42.0. The van der Waals surface area contributed by atoms with E-state index in [1.807, 2.05) is 0 Å². The van der Waals surface area contributed by atoms with Crippen molar-refractivity contribution in [2.75, 3.05) is 39.6 Å². The van der Waals surface area contributed by atoms with Crippen LogP contribution in [0, 0.1) is 11.8 Å². The minimum atomic E-state index is -4.96. The molecule has 100 heavy (non-hydrogen) atoms. The number of unbranched alkanes of at least 4 members (excludes halogenated alkanes) is 50. The zero-order valence-corrected chi connectivity index (χ0v) is 67.3. The van der Waals surface area contributed by atoms with E-state index < -0.39 is 97.5 Å². The van der Waals surface area contributed by atoms with Gasteiger partial charge in [0.1, 0.15) is 19.3 Å². The third-order valence-electron chi connectivity index (χ3n) is 19.0. The number of phosphoric ester groups is 2. The van der Waals surface area contributed by atoms with Crippen molar-refractivity contribution in [3.05, 3.63) is 0 Å². The molecule has 0 heterocycles. The summed E-state index contributed by atoms with van der Waals surface area (Å²) in [5.74, 6) is -0.577. The first kappa shape index (κ1) is 98.1. The van der Waals surface area contributed by atoms with Crippen LogP contribution in [0.25, 0.3) is 0 Å². The molecule has 5 atom stereocenters. The van der Waals surface area contributed by atoms with Crippen molar-refractivity contribution < 1.29 is 80.2 Å². The average Bonchev–Trinajstić information content (AvgIpc) is 0.921. The number of hydrogen-bond acceptors (Lipinski definition) is 15. The van der Waals surface area contributed by atoms with Gasteiger partial charge in [-0.3, -0.25) is 37.3 Å². The molecule has 0 spiro atoms. The maximum absolute atomic E-state index is 13.1. The highest BCUT2D eigenvalue weighted by molar-refractivity contribution is 7.47. The predicted octanol–water partition coefficient (Wildman–Crippen LogP) is 24.3. The topological polar surface area (TPSA) is 237 Å². The predicted molar refractivity (Wildman–Crippen MR) is 409 cm³/mol. The second-order valence-corrected chi connectivity index (χ2v) is 33.0. The zero-order chi connectivity index (χ0) is 73.5. The summed E-state index contributed by atoms with van der Waals surface area (Å²) in [6, 6.07) is 0. The lowest BCUT2D eigenvalue weighted by Gasteiger charge is -2.21. The van der Waals surface area contributed by atoms with Crippen molar-refractivity contribution in [2.45, 2.75) is 445 Å². The van der Waals surface area contributed by atoms with E-state index in [2.05, 4.69) is 41.5 Å². The molecule has 0 aliphatic carbocycles. The molecule has 0 aliphatic heterocycles. The number of hydrogen-bond donors (Lipinski definition) is 3. The second kappa shape index (κ2) is 72.6. The van der Waals surface area contributed by atoms with Crippen LogP contribution in [0.1, 0.15) is 427 Å². The van der Waals surface area contributed by atoms with Gasteiger partial charge in [0.05, 0.1) is 26.4 Å². The van der Waals surface area contributed by atoms with Crippen molar-refractivity contribution in [3.8, 4) is 0 Å². The van der Waals surface area contributed by atoms with Gasteiger partial charge in [0.25, 0.3) is 0 Å².